The summed E-state index contributed by atoms with van der Waals surface area (Å²) in [5.74, 6) is 1.73. The van der Waals surface area contributed by atoms with E-state index in [0.29, 0.717) is 12.1 Å². The van der Waals surface area contributed by atoms with Gasteiger partial charge in [-0.1, -0.05) is 19.1 Å². The van der Waals surface area contributed by atoms with Gasteiger partial charge in [-0.05, 0) is 56.5 Å². The van der Waals surface area contributed by atoms with Gasteiger partial charge in [-0.15, -0.1) is 24.0 Å². The van der Waals surface area contributed by atoms with E-state index in [1.807, 2.05) is 24.3 Å². The van der Waals surface area contributed by atoms with Crippen LogP contribution in [-0.2, 0) is 6.54 Å². The van der Waals surface area contributed by atoms with Crippen LogP contribution in [0.5, 0.6) is 0 Å². The molecule has 0 aliphatic carbocycles. The number of hydrogen-bond acceptors (Lipinski definition) is 3. The number of guanidine groups is 1. The zero-order chi connectivity index (χ0) is 19.6. The molecule has 2 rings (SSSR count). The lowest BCUT2D eigenvalue weighted by Gasteiger charge is -2.30. The van der Waals surface area contributed by atoms with Crippen LogP contribution in [0.15, 0.2) is 29.3 Å². The van der Waals surface area contributed by atoms with Crippen molar-refractivity contribution in [3.8, 4) is 0 Å². The van der Waals surface area contributed by atoms with Crippen LogP contribution < -0.4 is 10.6 Å². The maximum absolute atomic E-state index is 11.9. The fourth-order valence-electron chi connectivity index (χ4n) is 3.14. The number of halogens is 1. The summed E-state index contributed by atoms with van der Waals surface area (Å²) < 4.78 is 0. The van der Waals surface area contributed by atoms with Crippen LogP contribution in [0.25, 0.3) is 0 Å². The molecule has 1 aromatic carbocycles. The van der Waals surface area contributed by atoms with Crippen LogP contribution in [0.3, 0.4) is 0 Å². The van der Waals surface area contributed by atoms with Gasteiger partial charge in [-0.2, -0.15) is 0 Å². The molecule has 0 spiro atoms. The van der Waals surface area contributed by atoms with E-state index in [1.165, 1.54) is 25.9 Å². The van der Waals surface area contributed by atoms with Gasteiger partial charge < -0.3 is 20.4 Å². The zero-order valence-corrected chi connectivity index (χ0v) is 20.0. The lowest BCUT2D eigenvalue weighted by molar-refractivity contribution is 0.0827. The van der Waals surface area contributed by atoms with E-state index in [2.05, 4.69) is 34.4 Å². The van der Waals surface area contributed by atoms with Gasteiger partial charge in [-0.25, -0.2) is 4.99 Å². The predicted octanol–water partition coefficient (Wildman–Crippen LogP) is 2.79. The first kappa shape index (κ1) is 24.7. The lowest BCUT2D eigenvalue weighted by atomic mass is 9.99. The first-order valence-electron chi connectivity index (χ1n) is 10.0. The van der Waals surface area contributed by atoms with Gasteiger partial charge in [0.1, 0.15) is 0 Å². The van der Waals surface area contributed by atoms with Crippen LogP contribution in [0.2, 0.25) is 0 Å². The molecular weight excluding hydrogens is 465 g/mol. The Balaban J connectivity index is 0.00000392. The SMILES string of the molecule is CCNC(=NCc1ccc(C(=O)N(C)C)cc1)NCCN1CCC(C)CC1.I. The molecule has 1 heterocycles. The molecular formula is C21H36IN5O. The lowest BCUT2D eigenvalue weighted by Crippen LogP contribution is -2.43. The minimum absolute atomic E-state index is 0. The number of carbonyl (C=O) groups is 1. The first-order valence-corrected chi connectivity index (χ1v) is 10.0. The number of aliphatic imine (C=N–C) groups is 1. The molecule has 0 unspecified atom stereocenters. The highest BCUT2D eigenvalue weighted by molar-refractivity contribution is 14.0. The summed E-state index contributed by atoms with van der Waals surface area (Å²) in [4.78, 5) is 20.7. The number of nitrogens with zero attached hydrogens (tertiary/aromatic N) is 3. The van der Waals surface area contributed by atoms with Gasteiger partial charge in [0.2, 0.25) is 0 Å². The highest BCUT2D eigenvalue weighted by Crippen LogP contribution is 2.15. The Bertz CT molecular complexity index is 610. The van der Waals surface area contributed by atoms with Crippen LogP contribution in [0.1, 0.15) is 42.6 Å². The maximum Gasteiger partial charge on any atom is 0.253 e. The summed E-state index contributed by atoms with van der Waals surface area (Å²) in [6.45, 7) is 10.2. The van der Waals surface area contributed by atoms with Crippen molar-refractivity contribution in [1.82, 2.24) is 20.4 Å². The molecule has 158 valence electrons. The summed E-state index contributed by atoms with van der Waals surface area (Å²) in [5, 5.41) is 6.73. The molecule has 28 heavy (non-hydrogen) atoms. The van der Waals surface area contributed by atoms with Crippen LogP contribution >= 0.6 is 24.0 Å². The Morgan fingerprint density at radius 1 is 1.18 bits per heavy atom. The van der Waals surface area contributed by atoms with Crippen molar-refractivity contribution in [1.29, 1.82) is 0 Å². The molecule has 0 aromatic heterocycles. The number of benzene rings is 1. The predicted molar refractivity (Wildman–Crippen MR) is 128 cm³/mol. The Kier molecular flexibility index (Phi) is 11.4. The molecule has 2 N–H and O–H groups in total. The summed E-state index contributed by atoms with van der Waals surface area (Å²) >= 11 is 0. The van der Waals surface area contributed by atoms with Crippen LogP contribution in [0, 0.1) is 5.92 Å². The standard InChI is InChI=1S/C21H35N5O.HI/c1-5-22-21(23-12-15-26-13-10-17(2)11-14-26)24-16-18-6-8-19(9-7-18)20(27)25(3)4;/h6-9,17H,5,10-16H2,1-4H3,(H2,22,23,24);1H. The molecule has 7 heteroatoms. The smallest absolute Gasteiger partial charge is 0.253 e. The maximum atomic E-state index is 11.9. The van der Waals surface area contributed by atoms with E-state index in [0.717, 1.165) is 37.1 Å². The second-order valence-electron chi connectivity index (χ2n) is 7.54. The van der Waals surface area contributed by atoms with Crippen LogP contribution in [0.4, 0.5) is 0 Å². The van der Waals surface area contributed by atoms with Crippen LogP contribution in [-0.4, -0.2) is 68.5 Å². The van der Waals surface area contributed by atoms with Crippen molar-refractivity contribution in [2.45, 2.75) is 33.2 Å². The fraction of sp³-hybridized carbons (Fsp3) is 0.619. The quantitative estimate of drug-likeness (QED) is 0.343. The third-order valence-corrected chi connectivity index (χ3v) is 4.97. The first-order chi connectivity index (χ1) is 13.0. The van der Waals surface area contributed by atoms with Gasteiger partial charge in [0.25, 0.3) is 5.91 Å². The Morgan fingerprint density at radius 3 is 2.39 bits per heavy atom. The average Bonchev–Trinajstić information content (AvgIpc) is 2.67. The van der Waals surface area contributed by atoms with Crippen molar-refractivity contribution in [2.75, 3.05) is 46.8 Å². The number of piperidine rings is 1. The van der Waals surface area contributed by atoms with E-state index < -0.39 is 0 Å². The largest absolute Gasteiger partial charge is 0.357 e. The molecule has 1 saturated heterocycles. The molecule has 6 nitrogen and oxygen atoms in total. The Hall–Kier alpha value is -1.35. The Labute approximate surface area is 187 Å². The van der Waals surface area contributed by atoms with E-state index in [9.17, 15) is 4.79 Å². The third kappa shape index (κ3) is 8.34. The number of hydrogen-bond donors (Lipinski definition) is 2. The number of amides is 1. The molecule has 1 aliphatic rings. The van der Waals surface area contributed by atoms with Gasteiger partial charge in [0.15, 0.2) is 5.96 Å². The van der Waals surface area contributed by atoms with Gasteiger partial charge in [0.05, 0.1) is 6.54 Å². The molecule has 1 fully saturated rings. The minimum atomic E-state index is 0. The van der Waals surface area contributed by atoms with E-state index in [4.69, 9.17) is 0 Å². The second kappa shape index (κ2) is 13.0. The van der Waals surface area contributed by atoms with E-state index in [-0.39, 0.29) is 29.9 Å². The third-order valence-electron chi connectivity index (χ3n) is 4.97. The number of rotatable bonds is 7. The monoisotopic (exact) mass is 501 g/mol. The molecule has 0 bridgehead atoms. The zero-order valence-electron chi connectivity index (χ0n) is 17.7. The average molecular weight is 501 g/mol. The molecule has 0 radical (unpaired) electrons. The number of carbonyl (C=O) groups excluding carboxylic acids is 1. The van der Waals surface area contributed by atoms with Gasteiger partial charge in [-0.3, -0.25) is 4.79 Å². The molecule has 0 atom stereocenters. The molecule has 0 saturated carbocycles. The van der Waals surface area contributed by atoms with Crippen molar-refractivity contribution in [3.05, 3.63) is 35.4 Å². The Morgan fingerprint density at radius 2 is 1.82 bits per heavy atom. The summed E-state index contributed by atoms with van der Waals surface area (Å²) in [6, 6.07) is 7.67. The number of nitrogens with one attached hydrogen (secondary N) is 2. The fourth-order valence-corrected chi connectivity index (χ4v) is 3.14. The van der Waals surface area contributed by atoms with E-state index in [1.54, 1.807) is 19.0 Å². The molecule has 1 aromatic rings. The second-order valence-corrected chi connectivity index (χ2v) is 7.54. The van der Waals surface area contributed by atoms with Gasteiger partial charge >= 0.3 is 0 Å². The summed E-state index contributed by atoms with van der Waals surface area (Å²) in [5.41, 5.74) is 1.79. The molecule has 1 amide bonds. The normalized spacial score (nSPS) is 15.6. The van der Waals surface area contributed by atoms with E-state index >= 15 is 0 Å². The minimum Gasteiger partial charge on any atom is -0.357 e. The topological polar surface area (TPSA) is 60.0 Å². The van der Waals surface area contributed by atoms with Crippen molar-refractivity contribution in [3.63, 3.8) is 0 Å². The van der Waals surface area contributed by atoms with Crippen molar-refractivity contribution >= 4 is 35.8 Å². The summed E-state index contributed by atoms with van der Waals surface area (Å²) in [7, 11) is 3.53. The van der Waals surface area contributed by atoms with Gasteiger partial charge in [0, 0.05) is 39.3 Å². The van der Waals surface area contributed by atoms with Crippen molar-refractivity contribution < 1.29 is 4.79 Å². The highest BCUT2D eigenvalue weighted by Gasteiger charge is 2.15. The van der Waals surface area contributed by atoms with Crippen molar-refractivity contribution in [2.24, 2.45) is 10.9 Å². The molecule has 1 aliphatic heterocycles. The number of likely N-dealkylation sites (tertiary alicyclic amines) is 1. The highest BCUT2D eigenvalue weighted by atomic mass is 127. The summed E-state index contributed by atoms with van der Waals surface area (Å²) in [6.07, 6.45) is 2.61.